The van der Waals surface area contributed by atoms with Crippen LogP contribution in [0.4, 0.5) is 0 Å². The number of hydrogen-bond acceptors (Lipinski definition) is 6. The van der Waals surface area contributed by atoms with Crippen LogP contribution >= 0.6 is 0 Å². The molecule has 1 atom stereocenters. The third-order valence-corrected chi connectivity index (χ3v) is 6.85. The molecule has 0 radical (unpaired) electrons. The number of carbonyl (C=O) groups excluding carboxylic acids is 1. The summed E-state index contributed by atoms with van der Waals surface area (Å²) in [6.07, 6.45) is 0. The molecule has 2 aromatic carbocycles. The molecule has 3 heterocycles. The van der Waals surface area contributed by atoms with Crippen LogP contribution in [-0.2, 0) is 4.74 Å². The molecule has 1 amide bonds. The summed E-state index contributed by atoms with van der Waals surface area (Å²) in [5.74, 6) is 0.854. The summed E-state index contributed by atoms with van der Waals surface area (Å²) in [5, 5.41) is 0.450. The second-order valence-electron chi connectivity index (χ2n) is 9.21. The number of morpholine rings is 1. The van der Waals surface area contributed by atoms with Crippen LogP contribution in [0.5, 0.6) is 5.75 Å². The van der Waals surface area contributed by atoms with Crippen LogP contribution in [0.2, 0.25) is 0 Å². The molecule has 3 aromatic rings. The zero-order valence-electron chi connectivity index (χ0n) is 19.9. The Bertz CT molecular complexity index is 1260. The second-order valence-corrected chi connectivity index (χ2v) is 9.21. The first-order valence-corrected chi connectivity index (χ1v) is 11.8. The zero-order chi connectivity index (χ0) is 23.8. The lowest BCUT2D eigenvalue weighted by Crippen LogP contribution is -2.42. The fraction of sp³-hybridized carbons (Fsp3) is 0.407. The van der Waals surface area contributed by atoms with E-state index in [0.29, 0.717) is 54.5 Å². The van der Waals surface area contributed by atoms with Crippen molar-refractivity contribution in [2.24, 2.45) is 0 Å². The largest absolute Gasteiger partial charge is 0.497 e. The van der Waals surface area contributed by atoms with Gasteiger partial charge >= 0.3 is 0 Å². The van der Waals surface area contributed by atoms with Crippen LogP contribution in [0.3, 0.4) is 0 Å². The van der Waals surface area contributed by atoms with E-state index in [0.717, 1.165) is 18.7 Å². The van der Waals surface area contributed by atoms with Gasteiger partial charge in [-0.1, -0.05) is 38.1 Å². The molecule has 0 N–H and O–H groups in total. The molecule has 178 valence electrons. The van der Waals surface area contributed by atoms with Gasteiger partial charge < -0.3 is 18.8 Å². The SMILES string of the molecule is COc1ccc2c(=O)c3c(oc2c1)C(=O)N(CCN1CCOCC1)C3c1ccc(C(C)C)cc1. The molecule has 0 aliphatic carbocycles. The average molecular weight is 463 g/mol. The third-order valence-electron chi connectivity index (χ3n) is 6.85. The predicted molar refractivity (Wildman–Crippen MR) is 130 cm³/mol. The van der Waals surface area contributed by atoms with Crippen LogP contribution in [0.25, 0.3) is 11.0 Å². The Kier molecular flexibility index (Phi) is 6.15. The van der Waals surface area contributed by atoms with E-state index in [1.54, 1.807) is 30.2 Å². The van der Waals surface area contributed by atoms with E-state index in [1.165, 1.54) is 5.56 Å². The van der Waals surface area contributed by atoms with Crippen LogP contribution in [-0.4, -0.2) is 62.2 Å². The number of benzene rings is 2. The number of hydrogen-bond donors (Lipinski definition) is 0. The van der Waals surface area contributed by atoms with E-state index in [2.05, 4.69) is 30.9 Å². The maximum atomic E-state index is 13.7. The van der Waals surface area contributed by atoms with Gasteiger partial charge in [-0.05, 0) is 29.2 Å². The van der Waals surface area contributed by atoms with E-state index in [1.807, 2.05) is 12.1 Å². The fourth-order valence-corrected chi connectivity index (χ4v) is 4.84. The van der Waals surface area contributed by atoms with Crippen LogP contribution < -0.4 is 10.2 Å². The Morgan fingerprint density at radius 1 is 1.03 bits per heavy atom. The van der Waals surface area contributed by atoms with Crippen molar-refractivity contribution in [3.05, 3.63) is 75.1 Å². The van der Waals surface area contributed by atoms with Crippen molar-refractivity contribution in [3.8, 4) is 5.75 Å². The smallest absolute Gasteiger partial charge is 0.290 e. The molecule has 1 saturated heterocycles. The number of ether oxygens (including phenoxy) is 2. The lowest BCUT2D eigenvalue weighted by molar-refractivity contribution is 0.0314. The number of carbonyl (C=O) groups is 1. The number of nitrogens with zero attached hydrogens (tertiary/aromatic N) is 2. The monoisotopic (exact) mass is 462 g/mol. The van der Waals surface area contributed by atoms with Gasteiger partial charge in [0.15, 0.2) is 5.43 Å². The van der Waals surface area contributed by atoms with Crippen molar-refractivity contribution < 1.29 is 18.7 Å². The number of amides is 1. The second kappa shape index (κ2) is 9.24. The fourth-order valence-electron chi connectivity index (χ4n) is 4.84. The Morgan fingerprint density at radius 3 is 2.44 bits per heavy atom. The van der Waals surface area contributed by atoms with Gasteiger partial charge in [0.25, 0.3) is 5.91 Å². The van der Waals surface area contributed by atoms with Crippen LogP contribution in [0.15, 0.2) is 51.7 Å². The van der Waals surface area contributed by atoms with Crippen LogP contribution in [0.1, 0.15) is 53.1 Å². The van der Waals surface area contributed by atoms with Gasteiger partial charge in [0.2, 0.25) is 5.76 Å². The number of rotatable bonds is 6. The van der Waals surface area contributed by atoms with Gasteiger partial charge in [0.1, 0.15) is 11.3 Å². The summed E-state index contributed by atoms with van der Waals surface area (Å²) in [6.45, 7) is 8.57. The minimum Gasteiger partial charge on any atom is -0.497 e. The Labute approximate surface area is 198 Å². The molecule has 34 heavy (non-hydrogen) atoms. The van der Waals surface area contributed by atoms with Crippen molar-refractivity contribution in [1.82, 2.24) is 9.80 Å². The first-order valence-electron chi connectivity index (χ1n) is 11.8. The standard InChI is InChI=1S/C27H30N2O5/c1-17(2)18-4-6-19(7-5-18)24-23-25(30)21-9-8-20(32-3)16-22(21)34-26(23)27(31)29(24)11-10-28-12-14-33-15-13-28/h4-9,16-17,24H,10-15H2,1-3H3. The quantitative estimate of drug-likeness (QED) is 0.555. The highest BCUT2D eigenvalue weighted by Crippen LogP contribution is 2.38. The lowest BCUT2D eigenvalue weighted by Gasteiger charge is -2.31. The summed E-state index contributed by atoms with van der Waals surface area (Å²) in [4.78, 5) is 31.3. The van der Waals surface area contributed by atoms with Gasteiger partial charge in [0, 0.05) is 32.2 Å². The molecule has 1 unspecified atom stereocenters. The first kappa shape index (κ1) is 22.6. The Hall–Kier alpha value is -3.16. The maximum Gasteiger partial charge on any atom is 0.290 e. The third kappa shape index (κ3) is 3.99. The summed E-state index contributed by atoms with van der Waals surface area (Å²) in [7, 11) is 1.56. The minimum absolute atomic E-state index is 0.130. The van der Waals surface area contributed by atoms with Gasteiger partial charge in [-0.25, -0.2) is 0 Å². The Morgan fingerprint density at radius 2 is 1.76 bits per heavy atom. The molecule has 2 aliphatic rings. The minimum atomic E-state index is -0.479. The van der Waals surface area contributed by atoms with E-state index in [4.69, 9.17) is 13.9 Å². The molecule has 0 bridgehead atoms. The summed E-state index contributed by atoms with van der Waals surface area (Å²) in [6, 6.07) is 12.8. The number of methoxy groups -OCH3 is 1. The molecule has 7 nitrogen and oxygen atoms in total. The van der Waals surface area contributed by atoms with Gasteiger partial charge in [0.05, 0.1) is 37.3 Å². The molecule has 7 heteroatoms. The molecule has 5 rings (SSSR count). The average Bonchev–Trinajstić information content (AvgIpc) is 3.14. The van der Waals surface area contributed by atoms with Gasteiger partial charge in [-0.2, -0.15) is 0 Å². The molecule has 0 saturated carbocycles. The van der Waals surface area contributed by atoms with E-state index < -0.39 is 6.04 Å². The summed E-state index contributed by atoms with van der Waals surface area (Å²) < 4.78 is 16.8. The number of fused-ring (bicyclic) bond motifs is 2. The molecule has 2 aliphatic heterocycles. The summed E-state index contributed by atoms with van der Waals surface area (Å²) in [5.41, 5.74) is 2.74. The predicted octanol–water partition coefficient (Wildman–Crippen LogP) is 3.80. The highest BCUT2D eigenvalue weighted by Gasteiger charge is 2.42. The van der Waals surface area contributed by atoms with Gasteiger partial charge in [-0.15, -0.1) is 0 Å². The molecule has 1 aromatic heterocycles. The van der Waals surface area contributed by atoms with Crippen molar-refractivity contribution in [2.75, 3.05) is 46.5 Å². The summed E-state index contributed by atoms with van der Waals surface area (Å²) >= 11 is 0. The Balaban J connectivity index is 1.59. The first-order chi connectivity index (χ1) is 16.5. The molecule has 1 fully saturated rings. The zero-order valence-corrected chi connectivity index (χ0v) is 19.9. The van der Waals surface area contributed by atoms with Crippen molar-refractivity contribution >= 4 is 16.9 Å². The lowest BCUT2D eigenvalue weighted by atomic mass is 9.95. The van der Waals surface area contributed by atoms with Crippen molar-refractivity contribution in [1.29, 1.82) is 0 Å². The van der Waals surface area contributed by atoms with Crippen molar-refractivity contribution in [3.63, 3.8) is 0 Å². The topological polar surface area (TPSA) is 72.2 Å². The van der Waals surface area contributed by atoms with Crippen molar-refractivity contribution in [2.45, 2.75) is 25.8 Å². The highest BCUT2D eigenvalue weighted by atomic mass is 16.5. The normalized spacial score (nSPS) is 18.6. The van der Waals surface area contributed by atoms with E-state index in [9.17, 15) is 9.59 Å². The maximum absolute atomic E-state index is 13.7. The molecular formula is C27H30N2O5. The van der Waals surface area contributed by atoms with Crippen LogP contribution in [0, 0.1) is 0 Å². The van der Waals surface area contributed by atoms with Gasteiger partial charge in [-0.3, -0.25) is 14.5 Å². The molecule has 0 spiro atoms. The highest BCUT2D eigenvalue weighted by molar-refractivity contribution is 5.99. The van der Waals surface area contributed by atoms with E-state index in [-0.39, 0.29) is 17.1 Å². The van der Waals surface area contributed by atoms with E-state index >= 15 is 0 Å². The molecular weight excluding hydrogens is 432 g/mol.